The number of hydrogen-bond acceptors (Lipinski definition) is 3. The van der Waals surface area contributed by atoms with E-state index in [0.717, 1.165) is 48.7 Å². The zero-order chi connectivity index (χ0) is 21.3. The van der Waals surface area contributed by atoms with Crippen molar-refractivity contribution in [2.75, 3.05) is 19.6 Å². The monoisotopic (exact) mass is 423 g/mol. The molecule has 0 unspecified atom stereocenters. The lowest BCUT2D eigenvalue weighted by Crippen LogP contribution is -2.41. The van der Waals surface area contributed by atoms with Crippen LogP contribution in [0.15, 0.2) is 47.6 Å². The van der Waals surface area contributed by atoms with Gasteiger partial charge in [-0.2, -0.15) is 5.10 Å². The van der Waals surface area contributed by atoms with Crippen molar-refractivity contribution in [3.05, 3.63) is 69.7 Å². The first kappa shape index (κ1) is 21.1. The van der Waals surface area contributed by atoms with Crippen LogP contribution in [-0.4, -0.2) is 41.2 Å². The first-order valence-corrected chi connectivity index (χ1v) is 11.2. The molecule has 0 aromatic heterocycles. The van der Waals surface area contributed by atoms with Crippen molar-refractivity contribution in [2.45, 2.75) is 46.1 Å². The Labute approximate surface area is 184 Å². The predicted octanol–water partition coefficient (Wildman–Crippen LogP) is 5.37. The Morgan fingerprint density at radius 2 is 1.80 bits per heavy atom. The summed E-state index contributed by atoms with van der Waals surface area (Å²) in [5.74, 6) is 0.823. The maximum absolute atomic E-state index is 13.3. The third kappa shape index (κ3) is 4.60. The van der Waals surface area contributed by atoms with Crippen LogP contribution in [-0.2, 0) is 4.79 Å². The smallest absolute Gasteiger partial charge is 0.257 e. The fraction of sp³-hybridized carbons (Fsp3) is 0.440. The first-order valence-electron chi connectivity index (χ1n) is 10.9. The predicted molar refractivity (Wildman–Crippen MR) is 123 cm³/mol. The maximum Gasteiger partial charge on any atom is 0.257 e. The average molecular weight is 424 g/mol. The van der Waals surface area contributed by atoms with E-state index in [1.54, 1.807) is 5.01 Å². The number of aryl methyl sites for hydroxylation is 2. The Hall–Kier alpha value is -2.17. The number of carbonyl (C=O) groups excluding carboxylic acids is 1. The number of rotatable bonds is 4. The van der Waals surface area contributed by atoms with Crippen LogP contribution in [0.1, 0.15) is 54.5 Å². The van der Waals surface area contributed by atoms with E-state index in [-0.39, 0.29) is 11.9 Å². The summed E-state index contributed by atoms with van der Waals surface area (Å²) in [6, 6.07) is 14.1. The third-order valence-electron chi connectivity index (χ3n) is 6.36. The van der Waals surface area contributed by atoms with Crippen LogP contribution in [0.3, 0.4) is 0 Å². The Morgan fingerprint density at radius 1 is 1.10 bits per heavy atom. The third-order valence-corrected chi connectivity index (χ3v) is 6.61. The molecule has 1 atom stereocenters. The molecule has 0 N–H and O–H groups in total. The van der Waals surface area contributed by atoms with Gasteiger partial charge in [-0.25, -0.2) is 5.01 Å². The number of hydrazone groups is 1. The molecule has 0 bridgehead atoms. The molecule has 1 amide bonds. The second-order valence-electron chi connectivity index (χ2n) is 8.83. The van der Waals surface area contributed by atoms with Crippen LogP contribution in [0.5, 0.6) is 0 Å². The van der Waals surface area contributed by atoms with E-state index in [2.05, 4.69) is 43.9 Å². The summed E-state index contributed by atoms with van der Waals surface area (Å²) in [7, 11) is 0. The lowest BCUT2D eigenvalue weighted by atomic mass is 9.95. The number of amides is 1. The van der Waals surface area contributed by atoms with Crippen molar-refractivity contribution in [1.29, 1.82) is 0 Å². The van der Waals surface area contributed by atoms with Gasteiger partial charge in [-0.15, -0.1) is 0 Å². The minimum Gasteiger partial charge on any atom is -0.294 e. The summed E-state index contributed by atoms with van der Waals surface area (Å²) in [5, 5.41) is 7.28. The standard InChI is InChI=1S/C25H30ClN3O/c1-17-10-12-28(13-11-17)16-25(30)29-24(20-6-8-21(26)9-7-20)15-23(27-29)22-14-18(2)4-5-19(22)3/h4-9,14,17,24H,10-13,15-16H2,1-3H3/t24-/m1/s1. The quantitative estimate of drug-likeness (QED) is 0.663. The summed E-state index contributed by atoms with van der Waals surface area (Å²) < 4.78 is 0. The number of halogens is 1. The summed E-state index contributed by atoms with van der Waals surface area (Å²) in [6.45, 7) is 8.89. The van der Waals surface area contributed by atoms with E-state index in [9.17, 15) is 4.79 Å². The van der Waals surface area contributed by atoms with Gasteiger partial charge in [0.25, 0.3) is 5.91 Å². The van der Waals surface area contributed by atoms with Gasteiger partial charge in [0.1, 0.15) is 0 Å². The minimum absolute atomic E-state index is 0.0739. The molecule has 0 radical (unpaired) electrons. The van der Waals surface area contributed by atoms with Gasteiger partial charge in [-0.1, -0.05) is 48.4 Å². The van der Waals surface area contributed by atoms with Gasteiger partial charge in [-0.3, -0.25) is 9.69 Å². The molecule has 4 nitrogen and oxygen atoms in total. The number of likely N-dealkylation sites (tertiary alicyclic amines) is 1. The normalized spacial score (nSPS) is 20.5. The van der Waals surface area contributed by atoms with Crippen LogP contribution in [0.25, 0.3) is 0 Å². The van der Waals surface area contributed by atoms with E-state index in [1.165, 1.54) is 11.1 Å². The second kappa shape index (κ2) is 8.91. The molecule has 2 aromatic carbocycles. The van der Waals surface area contributed by atoms with Gasteiger partial charge in [0, 0.05) is 17.0 Å². The molecular formula is C25H30ClN3O. The highest BCUT2D eigenvalue weighted by atomic mass is 35.5. The number of benzene rings is 2. The molecule has 4 rings (SSSR count). The minimum atomic E-state index is -0.0895. The van der Waals surface area contributed by atoms with E-state index >= 15 is 0 Å². The van der Waals surface area contributed by atoms with Crippen molar-refractivity contribution >= 4 is 23.2 Å². The molecule has 2 heterocycles. The molecule has 5 heteroatoms. The number of carbonyl (C=O) groups is 1. The van der Waals surface area contributed by atoms with Crippen molar-refractivity contribution in [1.82, 2.24) is 9.91 Å². The van der Waals surface area contributed by atoms with Crippen LogP contribution in [0.2, 0.25) is 5.02 Å². The van der Waals surface area contributed by atoms with E-state index in [4.69, 9.17) is 16.7 Å². The van der Waals surface area contributed by atoms with Gasteiger partial charge in [-0.05, 0) is 75.0 Å². The number of nitrogens with zero attached hydrogens (tertiary/aromatic N) is 3. The Morgan fingerprint density at radius 3 is 2.50 bits per heavy atom. The maximum atomic E-state index is 13.3. The van der Waals surface area contributed by atoms with Crippen LogP contribution >= 0.6 is 11.6 Å². The second-order valence-corrected chi connectivity index (χ2v) is 9.27. The zero-order valence-electron chi connectivity index (χ0n) is 18.1. The molecule has 1 fully saturated rings. The van der Waals surface area contributed by atoms with Crippen LogP contribution < -0.4 is 0 Å². The highest BCUT2D eigenvalue weighted by Gasteiger charge is 2.34. The molecule has 30 heavy (non-hydrogen) atoms. The molecule has 0 aliphatic carbocycles. The largest absolute Gasteiger partial charge is 0.294 e. The van der Waals surface area contributed by atoms with Gasteiger partial charge in [0.2, 0.25) is 0 Å². The average Bonchev–Trinajstić information content (AvgIpc) is 3.17. The van der Waals surface area contributed by atoms with Crippen molar-refractivity contribution < 1.29 is 4.79 Å². The van der Waals surface area contributed by atoms with Crippen molar-refractivity contribution in [3.63, 3.8) is 0 Å². The molecule has 1 saturated heterocycles. The molecular weight excluding hydrogens is 394 g/mol. The fourth-order valence-electron chi connectivity index (χ4n) is 4.38. The molecule has 2 aromatic rings. The van der Waals surface area contributed by atoms with Gasteiger partial charge in [0.05, 0.1) is 18.3 Å². The summed E-state index contributed by atoms with van der Waals surface area (Å²) >= 11 is 6.10. The topological polar surface area (TPSA) is 35.9 Å². The van der Waals surface area contributed by atoms with Gasteiger partial charge >= 0.3 is 0 Å². The summed E-state index contributed by atoms with van der Waals surface area (Å²) in [5.41, 5.74) is 5.58. The van der Waals surface area contributed by atoms with Crippen LogP contribution in [0, 0.1) is 19.8 Å². The van der Waals surface area contributed by atoms with E-state index in [1.807, 2.05) is 24.3 Å². The van der Waals surface area contributed by atoms with Crippen LogP contribution in [0.4, 0.5) is 0 Å². The molecule has 0 spiro atoms. The SMILES string of the molecule is Cc1ccc(C)c(C2=NN(C(=O)CN3CCC(C)CC3)[C@@H](c3ccc(Cl)cc3)C2)c1. The van der Waals surface area contributed by atoms with Gasteiger partial charge in [0.15, 0.2) is 0 Å². The fourth-order valence-corrected chi connectivity index (χ4v) is 4.50. The molecule has 2 aliphatic rings. The van der Waals surface area contributed by atoms with E-state index < -0.39 is 0 Å². The zero-order valence-corrected chi connectivity index (χ0v) is 18.8. The number of hydrogen-bond donors (Lipinski definition) is 0. The lowest BCUT2D eigenvalue weighted by Gasteiger charge is -2.31. The lowest BCUT2D eigenvalue weighted by molar-refractivity contribution is -0.134. The summed E-state index contributed by atoms with van der Waals surface area (Å²) in [6.07, 6.45) is 3.03. The first-order chi connectivity index (χ1) is 14.4. The van der Waals surface area contributed by atoms with Crippen molar-refractivity contribution in [3.8, 4) is 0 Å². The number of piperidine rings is 1. The molecule has 2 aliphatic heterocycles. The Bertz CT molecular complexity index is 945. The van der Waals surface area contributed by atoms with E-state index in [0.29, 0.717) is 18.0 Å². The molecule has 0 saturated carbocycles. The Kier molecular flexibility index (Phi) is 6.26. The Balaban J connectivity index is 1.61. The highest BCUT2D eigenvalue weighted by Crippen LogP contribution is 2.34. The highest BCUT2D eigenvalue weighted by molar-refractivity contribution is 6.30. The summed E-state index contributed by atoms with van der Waals surface area (Å²) in [4.78, 5) is 15.6. The van der Waals surface area contributed by atoms with Gasteiger partial charge < -0.3 is 0 Å². The van der Waals surface area contributed by atoms with Crippen molar-refractivity contribution in [2.24, 2.45) is 11.0 Å². The molecule has 158 valence electrons.